The van der Waals surface area contributed by atoms with Crippen molar-refractivity contribution >= 4 is 46.2 Å². The summed E-state index contributed by atoms with van der Waals surface area (Å²) in [6.45, 7) is 0. The van der Waals surface area contributed by atoms with Crippen LogP contribution in [0.3, 0.4) is 0 Å². The van der Waals surface area contributed by atoms with Crippen LogP contribution in [0.2, 0.25) is 0 Å². The Hall–Kier alpha value is -2.35. The van der Waals surface area contributed by atoms with E-state index in [0.29, 0.717) is 5.69 Å². The summed E-state index contributed by atoms with van der Waals surface area (Å²) in [4.78, 5) is 24.6. The first-order valence-corrected chi connectivity index (χ1v) is 7.93. The molecule has 0 spiro atoms. The van der Waals surface area contributed by atoms with Crippen molar-refractivity contribution in [3.05, 3.63) is 63.2 Å². The molecule has 116 valence electrons. The number of benzene rings is 2. The zero-order chi connectivity index (χ0) is 16.4. The molecule has 1 N–H and O–H groups in total. The smallest absolute Gasteiger partial charge is 0.282 e. The lowest BCUT2D eigenvalue weighted by Crippen LogP contribution is -2.35. The van der Waals surface area contributed by atoms with Gasteiger partial charge in [0.15, 0.2) is 0 Å². The van der Waals surface area contributed by atoms with Gasteiger partial charge in [-0.15, -0.1) is 0 Å². The van der Waals surface area contributed by atoms with Crippen molar-refractivity contribution in [2.75, 3.05) is 12.1 Å². The predicted octanol–water partition coefficient (Wildman–Crippen LogP) is 2.76. The predicted molar refractivity (Wildman–Crippen MR) is 95.8 cm³/mol. The highest BCUT2D eigenvalue weighted by Crippen LogP contribution is 2.23. The molecule has 3 rings (SSSR count). The van der Waals surface area contributed by atoms with Gasteiger partial charge in [0.05, 0.1) is 12.8 Å². The zero-order valence-electron chi connectivity index (χ0n) is 12.2. The lowest BCUT2D eigenvalue weighted by Gasteiger charge is -2.14. The van der Waals surface area contributed by atoms with Gasteiger partial charge in [0, 0.05) is 3.57 Å². The third-order valence-corrected chi connectivity index (χ3v) is 4.12. The molecule has 0 bridgehead atoms. The average molecular weight is 420 g/mol. The van der Waals surface area contributed by atoms with Crippen molar-refractivity contribution in [1.29, 1.82) is 0 Å². The number of halogens is 1. The van der Waals surface area contributed by atoms with E-state index in [-0.39, 0.29) is 11.5 Å². The van der Waals surface area contributed by atoms with Gasteiger partial charge in [0.2, 0.25) is 0 Å². The van der Waals surface area contributed by atoms with Crippen molar-refractivity contribution in [2.45, 2.75) is 0 Å². The van der Waals surface area contributed by atoms with E-state index in [0.717, 1.165) is 14.9 Å². The van der Waals surface area contributed by atoms with Crippen LogP contribution in [-0.2, 0) is 9.59 Å². The lowest BCUT2D eigenvalue weighted by atomic mass is 10.1. The van der Waals surface area contributed by atoms with Gasteiger partial charge in [-0.3, -0.25) is 15.0 Å². The van der Waals surface area contributed by atoms with Crippen LogP contribution in [0.15, 0.2) is 54.1 Å². The van der Waals surface area contributed by atoms with Crippen molar-refractivity contribution < 1.29 is 14.3 Å². The summed E-state index contributed by atoms with van der Waals surface area (Å²) in [7, 11) is 1.58. The summed E-state index contributed by atoms with van der Waals surface area (Å²) in [5, 5.41) is 1.26. The Kier molecular flexibility index (Phi) is 4.33. The van der Waals surface area contributed by atoms with E-state index < -0.39 is 5.91 Å². The van der Waals surface area contributed by atoms with E-state index >= 15 is 0 Å². The van der Waals surface area contributed by atoms with E-state index in [1.165, 1.54) is 5.01 Å². The topological polar surface area (TPSA) is 58.6 Å². The number of amides is 2. The van der Waals surface area contributed by atoms with E-state index in [1.54, 1.807) is 49.6 Å². The summed E-state index contributed by atoms with van der Waals surface area (Å²) in [6, 6.07) is 14.5. The van der Waals surface area contributed by atoms with E-state index in [1.807, 2.05) is 12.1 Å². The Morgan fingerprint density at radius 1 is 1.04 bits per heavy atom. The van der Waals surface area contributed by atoms with Crippen molar-refractivity contribution in [1.82, 2.24) is 5.43 Å². The zero-order valence-corrected chi connectivity index (χ0v) is 14.4. The highest BCUT2D eigenvalue weighted by Gasteiger charge is 2.34. The molecule has 1 fully saturated rings. The largest absolute Gasteiger partial charge is 0.497 e. The minimum atomic E-state index is -0.413. The second-order valence-corrected chi connectivity index (χ2v) is 6.13. The van der Waals surface area contributed by atoms with Crippen molar-refractivity contribution in [2.24, 2.45) is 0 Å². The molecule has 0 aliphatic carbocycles. The number of hydrogen-bond acceptors (Lipinski definition) is 3. The first kappa shape index (κ1) is 15.5. The molecule has 0 radical (unpaired) electrons. The van der Waals surface area contributed by atoms with E-state index in [4.69, 9.17) is 4.74 Å². The van der Waals surface area contributed by atoms with Crippen LogP contribution in [0, 0.1) is 3.57 Å². The molecule has 0 saturated carbocycles. The van der Waals surface area contributed by atoms with Crippen LogP contribution < -0.4 is 15.2 Å². The molecular formula is C17H13IN2O3. The standard InChI is InChI=1S/C17H13IN2O3/c1-23-14-8-2-11(3-9-14)10-15-16(21)19-20(17(15)22)13-6-4-12(18)5-7-13/h2-10H,1H3,(H,19,21)/b15-10+. The van der Waals surface area contributed by atoms with E-state index in [2.05, 4.69) is 28.0 Å². The second-order valence-electron chi connectivity index (χ2n) is 4.89. The number of nitrogens with one attached hydrogen (secondary N) is 1. The summed E-state index contributed by atoms with van der Waals surface area (Å²) in [5.74, 6) is -0.0636. The number of hydrogen-bond donors (Lipinski definition) is 1. The first-order chi connectivity index (χ1) is 11.1. The summed E-state index contributed by atoms with van der Waals surface area (Å²) < 4.78 is 6.14. The molecule has 0 atom stereocenters. The number of methoxy groups -OCH3 is 1. The monoisotopic (exact) mass is 420 g/mol. The molecule has 1 aliphatic rings. The fourth-order valence-corrected chi connectivity index (χ4v) is 2.56. The molecule has 0 aromatic heterocycles. The van der Waals surface area contributed by atoms with Crippen LogP contribution in [0.4, 0.5) is 5.69 Å². The number of ether oxygens (including phenoxy) is 1. The number of rotatable bonds is 3. The Bertz CT molecular complexity index is 782. The summed E-state index contributed by atoms with van der Waals surface area (Å²) >= 11 is 2.18. The highest BCUT2D eigenvalue weighted by atomic mass is 127. The third-order valence-electron chi connectivity index (χ3n) is 3.40. The van der Waals surface area contributed by atoms with Gasteiger partial charge in [-0.25, -0.2) is 5.01 Å². The highest BCUT2D eigenvalue weighted by molar-refractivity contribution is 14.1. The maximum Gasteiger partial charge on any atom is 0.282 e. The Balaban J connectivity index is 1.88. The SMILES string of the molecule is COc1ccc(/C=C2\C(=O)NN(c3ccc(I)cc3)C2=O)cc1. The van der Waals surface area contributed by atoms with Crippen LogP contribution >= 0.6 is 22.6 Å². The number of nitrogens with zero attached hydrogens (tertiary/aromatic N) is 1. The molecule has 1 saturated heterocycles. The molecule has 5 nitrogen and oxygen atoms in total. The molecule has 1 heterocycles. The summed E-state index contributed by atoms with van der Waals surface area (Å²) in [5.41, 5.74) is 4.07. The number of carbonyl (C=O) groups is 2. The number of anilines is 1. The quantitative estimate of drug-likeness (QED) is 0.472. The molecule has 2 amide bonds. The fraction of sp³-hybridized carbons (Fsp3) is 0.0588. The Morgan fingerprint density at radius 3 is 2.30 bits per heavy atom. The maximum absolute atomic E-state index is 12.5. The van der Waals surface area contributed by atoms with Gasteiger partial charge < -0.3 is 4.74 Å². The first-order valence-electron chi connectivity index (χ1n) is 6.85. The minimum Gasteiger partial charge on any atom is -0.497 e. The van der Waals surface area contributed by atoms with Gasteiger partial charge >= 0.3 is 0 Å². The van der Waals surface area contributed by atoms with Crippen LogP contribution in [0.25, 0.3) is 6.08 Å². The minimum absolute atomic E-state index is 0.105. The van der Waals surface area contributed by atoms with Crippen LogP contribution in [-0.4, -0.2) is 18.9 Å². The molecule has 23 heavy (non-hydrogen) atoms. The lowest BCUT2D eigenvalue weighted by molar-refractivity contribution is -0.117. The van der Waals surface area contributed by atoms with Gasteiger partial charge in [-0.05, 0) is 70.6 Å². The van der Waals surface area contributed by atoms with Crippen molar-refractivity contribution in [3.8, 4) is 5.75 Å². The van der Waals surface area contributed by atoms with Gasteiger partial charge in [-0.2, -0.15) is 0 Å². The molecule has 2 aromatic carbocycles. The third kappa shape index (κ3) is 3.21. The van der Waals surface area contributed by atoms with Crippen molar-refractivity contribution in [3.63, 3.8) is 0 Å². The Labute approximate surface area is 147 Å². The Morgan fingerprint density at radius 2 is 1.70 bits per heavy atom. The van der Waals surface area contributed by atoms with Crippen LogP contribution in [0.5, 0.6) is 5.75 Å². The van der Waals surface area contributed by atoms with Gasteiger partial charge in [0.25, 0.3) is 11.8 Å². The average Bonchev–Trinajstić information content (AvgIpc) is 2.84. The maximum atomic E-state index is 12.5. The molecule has 6 heteroatoms. The van der Waals surface area contributed by atoms with E-state index in [9.17, 15) is 9.59 Å². The number of carbonyl (C=O) groups excluding carboxylic acids is 2. The second kappa shape index (κ2) is 6.41. The van der Waals surface area contributed by atoms with Crippen LogP contribution in [0.1, 0.15) is 5.56 Å². The molecule has 0 unspecified atom stereocenters. The van der Waals surface area contributed by atoms with Gasteiger partial charge in [-0.1, -0.05) is 12.1 Å². The molecular weight excluding hydrogens is 407 g/mol. The molecule has 1 aliphatic heterocycles. The fourth-order valence-electron chi connectivity index (χ4n) is 2.20. The van der Waals surface area contributed by atoms with Gasteiger partial charge in [0.1, 0.15) is 11.3 Å². The molecule has 2 aromatic rings. The summed E-state index contributed by atoms with van der Waals surface area (Å²) in [6.07, 6.45) is 1.57. The number of hydrazine groups is 1. The normalized spacial score (nSPS) is 15.9.